The summed E-state index contributed by atoms with van der Waals surface area (Å²) >= 11 is 0. The van der Waals surface area contributed by atoms with Crippen molar-refractivity contribution in [1.29, 1.82) is 0 Å². The minimum absolute atomic E-state index is 0.279. The Kier molecular flexibility index (Phi) is 4.29. The lowest BCUT2D eigenvalue weighted by molar-refractivity contribution is 0.856. The van der Waals surface area contributed by atoms with Crippen molar-refractivity contribution >= 4 is 5.95 Å². The summed E-state index contributed by atoms with van der Waals surface area (Å²) in [5.74, 6) is 0.285. The van der Waals surface area contributed by atoms with Crippen LogP contribution in [0.15, 0.2) is 59.1 Å². The van der Waals surface area contributed by atoms with Gasteiger partial charge < -0.3 is 5.43 Å². The van der Waals surface area contributed by atoms with Crippen LogP contribution in [0.25, 0.3) is 11.3 Å². The molecule has 6 nitrogen and oxygen atoms in total. The van der Waals surface area contributed by atoms with Gasteiger partial charge in [-0.2, -0.15) is 0 Å². The molecule has 0 fully saturated rings. The average molecular weight is 295 g/mol. The summed E-state index contributed by atoms with van der Waals surface area (Å²) in [4.78, 5) is 14.7. The van der Waals surface area contributed by atoms with Gasteiger partial charge in [-0.25, -0.2) is 0 Å². The quantitative estimate of drug-likeness (QED) is 0.596. The van der Waals surface area contributed by atoms with E-state index in [1.165, 1.54) is 5.57 Å². The van der Waals surface area contributed by atoms with Gasteiger partial charge in [0.1, 0.15) is 0 Å². The molecule has 0 amide bonds. The van der Waals surface area contributed by atoms with Gasteiger partial charge in [0.15, 0.2) is 5.69 Å². The molecule has 0 bridgehead atoms. The van der Waals surface area contributed by atoms with Gasteiger partial charge >= 0.3 is 0 Å². The van der Waals surface area contributed by atoms with E-state index in [0.717, 1.165) is 24.8 Å². The van der Waals surface area contributed by atoms with Gasteiger partial charge in [0.2, 0.25) is 5.95 Å². The lowest BCUT2D eigenvalue weighted by Gasteiger charge is -2.10. The number of rotatable bonds is 4. The van der Waals surface area contributed by atoms with E-state index in [1.54, 1.807) is 0 Å². The maximum Gasteiger partial charge on any atom is 0.279 e. The fourth-order valence-electron chi connectivity index (χ4n) is 2.24. The summed E-state index contributed by atoms with van der Waals surface area (Å²) in [5.41, 5.74) is 7.84. The van der Waals surface area contributed by atoms with E-state index in [2.05, 4.69) is 38.2 Å². The second-order valence-electron chi connectivity index (χ2n) is 5.00. The smallest absolute Gasteiger partial charge is 0.279 e. The number of anilines is 1. The van der Waals surface area contributed by atoms with Crippen LogP contribution in [0.4, 0.5) is 5.95 Å². The maximum atomic E-state index is 12.1. The molecule has 1 heterocycles. The van der Waals surface area contributed by atoms with Gasteiger partial charge in [0.25, 0.3) is 5.56 Å². The number of aromatic nitrogens is 3. The van der Waals surface area contributed by atoms with Crippen LogP contribution in [0.2, 0.25) is 0 Å². The Morgan fingerprint density at radius 3 is 2.73 bits per heavy atom. The first-order valence-corrected chi connectivity index (χ1v) is 7.20. The van der Waals surface area contributed by atoms with E-state index >= 15 is 0 Å². The highest BCUT2D eigenvalue weighted by atomic mass is 16.1. The fourth-order valence-corrected chi connectivity index (χ4v) is 2.24. The highest BCUT2D eigenvalue weighted by molar-refractivity contribution is 5.57. The number of allylic oxidation sites excluding steroid dienone is 3. The third-order valence-corrected chi connectivity index (χ3v) is 3.39. The van der Waals surface area contributed by atoms with Crippen molar-refractivity contribution < 1.29 is 0 Å². The van der Waals surface area contributed by atoms with E-state index in [-0.39, 0.29) is 11.5 Å². The molecule has 3 rings (SSSR count). The molecule has 6 heteroatoms. The van der Waals surface area contributed by atoms with Crippen LogP contribution in [0, 0.1) is 0 Å². The normalized spacial score (nSPS) is 15.7. The van der Waals surface area contributed by atoms with Crippen LogP contribution in [0.5, 0.6) is 0 Å². The van der Waals surface area contributed by atoms with Crippen molar-refractivity contribution in [2.24, 2.45) is 0 Å². The molecule has 112 valence electrons. The summed E-state index contributed by atoms with van der Waals surface area (Å²) in [6, 6.07) is 9.25. The van der Waals surface area contributed by atoms with Crippen LogP contribution in [-0.4, -0.2) is 15.2 Å². The van der Waals surface area contributed by atoms with Crippen molar-refractivity contribution in [3.8, 4) is 11.3 Å². The number of hydrogen-bond acceptors (Lipinski definition) is 5. The van der Waals surface area contributed by atoms with E-state index in [9.17, 15) is 4.79 Å². The lowest BCUT2D eigenvalue weighted by Crippen LogP contribution is -2.22. The first kappa shape index (κ1) is 14.1. The lowest BCUT2D eigenvalue weighted by atomic mass is 10.0. The highest BCUT2D eigenvalue weighted by Crippen LogP contribution is 2.15. The molecular weight excluding hydrogens is 278 g/mol. The highest BCUT2D eigenvalue weighted by Gasteiger charge is 2.06. The third kappa shape index (κ3) is 3.41. The molecule has 0 radical (unpaired) electrons. The predicted octanol–water partition coefficient (Wildman–Crippen LogP) is 2.37. The Balaban J connectivity index is 1.67. The second kappa shape index (κ2) is 6.71. The van der Waals surface area contributed by atoms with Crippen molar-refractivity contribution in [1.82, 2.24) is 20.6 Å². The van der Waals surface area contributed by atoms with Gasteiger partial charge in [-0.1, -0.05) is 42.5 Å². The van der Waals surface area contributed by atoms with Crippen LogP contribution < -0.4 is 16.4 Å². The first-order chi connectivity index (χ1) is 10.8. The molecule has 0 atom stereocenters. The summed E-state index contributed by atoms with van der Waals surface area (Å²) in [6.45, 7) is 0. The molecule has 1 aromatic heterocycles. The zero-order valence-electron chi connectivity index (χ0n) is 12.0. The molecule has 0 saturated heterocycles. The molecule has 0 saturated carbocycles. The molecule has 3 N–H and O–H groups in total. The average Bonchev–Trinajstić information content (AvgIpc) is 2.57. The van der Waals surface area contributed by atoms with E-state index in [4.69, 9.17) is 0 Å². The number of H-pyrrole nitrogens is 1. The number of aromatic amines is 1. The van der Waals surface area contributed by atoms with Gasteiger partial charge in [0.05, 0.1) is 0 Å². The predicted molar refractivity (Wildman–Crippen MR) is 85.9 cm³/mol. The number of benzene rings is 1. The molecule has 0 spiro atoms. The molecule has 2 aromatic rings. The zero-order valence-corrected chi connectivity index (χ0v) is 12.0. The first-order valence-electron chi connectivity index (χ1n) is 7.20. The number of nitrogens with one attached hydrogen (secondary N) is 3. The minimum Gasteiger partial charge on any atom is -0.306 e. The minimum atomic E-state index is -0.279. The van der Waals surface area contributed by atoms with Gasteiger partial charge in [0, 0.05) is 11.8 Å². The van der Waals surface area contributed by atoms with E-state index < -0.39 is 0 Å². The maximum absolute atomic E-state index is 12.1. The topological polar surface area (TPSA) is 82.7 Å². The summed E-state index contributed by atoms with van der Waals surface area (Å²) in [6.07, 6.45) is 9.28. The largest absolute Gasteiger partial charge is 0.306 e. The SMILES string of the molecule is O=c1[nH]c(NNC=C2CC=CCC2)nnc1-c1ccccc1. The Morgan fingerprint density at radius 2 is 2.00 bits per heavy atom. The van der Waals surface area contributed by atoms with Crippen molar-refractivity contribution in [2.75, 3.05) is 5.43 Å². The third-order valence-electron chi connectivity index (χ3n) is 3.39. The van der Waals surface area contributed by atoms with Crippen molar-refractivity contribution in [3.63, 3.8) is 0 Å². The Hall–Kier alpha value is -2.89. The van der Waals surface area contributed by atoms with E-state index in [0.29, 0.717) is 5.69 Å². The summed E-state index contributed by atoms with van der Waals surface area (Å²) in [5, 5.41) is 7.96. The molecule has 0 unspecified atom stereocenters. The zero-order chi connectivity index (χ0) is 15.2. The molecule has 1 aromatic carbocycles. The summed E-state index contributed by atoms with van der Waals surface area (Å²) in [7, 11) is 0. The number of nitrogens with zero attached hydrogens (tertiary/aromatic N) is 2. The number of hydrazine groups is 1. The van der Waals surface area contributed by atoms with Gasteiger partial charge in [-0.15, -0.1) is 10.2 Å². The number of hydrogen-bond donors (Lipinski definition) is 3. The second-order valence-corrected chi connectivity index (χ2v) is 5.00. The van der Waals surface area contributed by atoms with Crippen LogP contribution in [0.3, 0.4) is 0 Å². The van der Waals surface area contributed by atoms with Crippen molar-refractivity contribution in [2.45, 2.75) is 19.3 Å². The molecule has 1 aliphatic rings. The monoisotopic (exact) mass is 295 g/mol. The molecule has 22 heavy (non-hydrogen) atoms. The van der Waals surface area contributed by atoms with Gasteiger partial charge in [-0.05, 0) is 24.8 Å². The standard InChI is InChI=1S/C16H17N5O/c22-15-14(13-9-5-2-6-10-13)19-21-16(18-15)20-17-11-12-7-3-1-4-8-12/h1-3,5-6,9-11,17H,4,7-8H2,(H2,18,20,21,22). The molecule has 1 aliphatic carbocycles. The van der Waals surface area contributed by atoms with Crippen molar-refractivity contribution in [3.05, 3.63) is 64.6 Å². The van der Waals surface area contributed by atoms with E-state index in [1.807, 2.05) is 36.5 Å². The van der Waals surface area contributed by atoms with Crippen LogP contribution in [-0.2, 0) is 0 Å². The van der Waals surface area contributed by atoms with Gasteiger partial charge in [-0.3, -0.25) is 15.2 Å². The van der Waals surface area contributed by atoms with Crippen LogP contribution >= 0.6 is 0 Å². The Bertz CT molecular complexity index is 749. The molecule has 0 aliphatic heterocycles. The fraction of sp³-hybridized carbons (Fsp3) is 0.188. The van der Waals surface area contributed by atoms with Crippen LogP contribution in [0.1, 0.15) is 19.3 Å². The summed E-state index contributed by atoms with van der Waals surface area (Å²) < 4.78 is 0. The Morgan fingerprint density at radius 1 is 1.14 bits per heavy atom. The Labute approximate surface area is 128 Å². The molecular formula is C16H17N5O.